The molecule has 1 aromatic heterocycles. The number of carbonyl (C=O) groups excluding carboxylic acids is 2. The second-order valence-corrected chi connectivity index (χ2v) is 5.87. The van der Waals surface area contributed by atoms with Gasteiger partial charge in [-0.05, 0) is 12.8 Å². The molecule has 1 aliphatic carbocycles. The Labute approximate surface area is 118 Å². The SMILES string of the molecule is Cn1cc(CN2CC(=O)NC3(CCCCC3)C2=O)cn1. The van der Waals surface area contributed by atoms with E-state index in [0.29, 0.717) is 6.54 Å². The number of piperazine rings is 1. The Kier molecular flexibility index (Phi) is 3.23. The fraction of sp³-hybridized carbons (Fsp3) is 0.643. The highest BCUT2D eigenvalue weighted by atomic mass is 16.2. The summed E-state index contributed by atoms with van der Waals surface area (Å²) in [5, 5.41) is 7.06. The summed E-state index contributed by atoms with van der Waals surface area (Å²) >= 11 is 0. The van der Waals surface area contributed by atoms with Gasteiger partial charge in [-0.25, -0.2) is 0 Å². The van der Waals surface area contributed by atoms with Gasteiger partial charge in [-0.3, -0.25) is 14.3 Å². The third kappa shape index (κ3) is 2.30. The molecule has 2 fully saturated rings. The van der Waals surface area contributed by atoms with Gasteiger partial charge in [0.05, 0.1) is 12.7 Å². The number of aromatic nitrogens is 2. The lowest BCUT2D eigenvalue weighted by molar-refractivity contribution is -0.152. The number of rotatable bonds is 2. The van der Waals surface area contributed by atoms with E-state index in [4.69, 9.17) is 0 Å². The van der Waals surface area contributed by atoms with Gasteiger partial charge in [-0.2, -0.15) is 5.10 Å². The van der Waals surface area contributed by atoms with Crippen LogP contribution in [0.15, 0.2) is 12.4 Å². The Balaban J connectivity index is 1.80. The average molecular weight is 276 g/mol. The van der Waals surface area contributed by atoms with Crippen molar-refractivity contribution in [1.29, 1.82) is 0 Å². The summed E-state index contributed by atoms with van der Waals surface area (Å²) in [6.07, 6.45) is 8.32. The Morgan fingerprint density at radius 3 is 2.70 bits per heavy atom. The number of hydrogen-bond acceptors (Lipinski definition) is 3. The maximum atomic E-state index is 12.7. The number of nitrogens with one attached hydrogen (secondary N) is 1. The number of amides is 2. The molecule has 6 heteroatoms. The van der Waals surface area contributed by atoms with E-state index in [-0.39, 0.29) is 18.4 Å². The minimum absolute atomic E-state index is 0.0459. The van der Waals surface area contributed by atoms with Crippen LogP contribution in [0, 0.1) is 0 Å². The molecule has 108 valence electrons. The largest absolute Gasteiger partial charge is 0.340 e. The van der Waals surface area contributed by atoms with E-state index < -0.39 is 5.54 Å². The summed E-state index contributed by atoms with van der Waals surface area (Å²) < 4.78 is 1.71. The Hall–Kier alpha value is -1.85. The standard InChI is InChI=1S/C14H20N4O2/c1-17-8-11(7-15-17)9-18-10-12(19)16-14(13(18)20)5-3-2-4-6-14/h7-8H,2-6,9-10H2,1H3,(H,16,19). The van der Waals surface area contributed by atoms with Gasteiger partial charge in [0.25, 0.3) is 0 Å². The molecule has 1 aromatic rings. The molecule has 2 amide bonds. The smallest absolute Gasteiger partial charge is 0.249 e. The van der Waals surface area contributed by atoms with Gasteiger partial charge >= 0.3 is 0 Å². The van der Waals surface area contributed by atoms with Crippen molar-refractivity contribution in [2.24, 2.45) is 7.05 Å². The molecule has 6 nitrogen and oxygen atoms in total. The molecule has 3 rings (SSSR count). The number of hydrogen-bond donors (Lipinski definition) is 1. The summed E-state index contributed by atoms with van der Waals surface area (Å²) in [4.78, 5) is 26.4. The lowest BCUT2D eigenvalue weighted by atomic mass is 9.79. The number of nitrogens with zero attached hydrogens (tertiary/aromatic N) is 3. The zero-order chi connectivity index (χ0) is 14.2. The van der Waals surface area contributed by atoms with E-state index in [2.05, 4.69) is 10.4 Å². The normalized spacial score (nSPS) is 22.1. The van der Waals surface area contributed by atoms with Crippen molar-refractivity contribution in [3.05, 3.63) is 18.0 Å². The molecule has 0 radical (unpaired) electrons. The second kappa shape index (κ2) is 4.92. The maximum Gasteiger partial charge on any atom is 0.249 e. The van der Waals surface area contributed by atoms with E-state index in [1.54, 1.807) is 15.8 Å². The van der Waals surface area contributed by atoms with Crippen LogP contribution in [0.1, 0.15) is 37.7 Å². The number of aryl methyl sites for hydroxylation is 1. The van der Waals surface area contributed by atoms with E-state index in [0.717, 1.165) is 37.7 Å². The Morgan fingerprint density at radius 1 is 1.30 bits per heavy atom. The minimum Gasteiger partial charge on any atom is -0.340 e. The molecule has 20 heavy (non-hydrogen) atoms. The lowest BCUT2D eigenvalue weighted by Crippen LogP contribution is -2.66. The van der Waals surface area contributed by atoms with Crippen molar-refractivity contribution in [3.8, 4) is 0 Å². The predicted molar refractivity (Wildman–Crippen MR) is 72.6 cm³/mol. The van der Waals surface area contributed by atoms with Crippen LogP contribution >= 0.6 is 0 Å². The highest BCUT2D eigenvalue weighted by Gasteiger charge is 2.46. The van der Waals surface area contributed by atoms with Gasteiger partial charge < -0.3 is 10.2 Å². The first-order valence-electron chi connectivity index (χ1n) is 7.17. The van der Waals surface area contributed by atoms with Crippen LogP contribution in [0.3, 0.4) is 0 Å². The zero-order valence-electron chi connectivity index (χ0n) is 11.8. The molecular weight excluding hydrogens is 256 g/mol. The van der Waals surface area contributed by atoms with Crippen molar-refractivity contribution in [2.75, 3.05) is 6.54 Å². The summed E-state index contributed by atoms with van der Waals surface area (Å²) in [5.74, 6) is 0.0241. The summed E-state index contributed by atoms with van der Waals surface area (Å²) in [6, 6.07) is 0. The van der Waals surface area contributed by atoms with Gasteiger partial charge in [0, 0.05) is 25.4 Å². The molecule has 0 bridgehead atoms. The highest BCUT2D eigenvalue weighted by Crippen LogP contribution is 2.32. The van der Waals surface area contributed by atoms with Crippen molar-refractivity contribution < 1.29 is 9.59 Å². The van der Waals surface area contributed by atoms with Crippen LogP contribution in [0.2, 0.25) is 0 Å². The van der Waals surface area contributed by atoms with Crippen molar-refractivity contribution in [3.63, 3.8) is 0 Å². The molecule has 1 N–H and O–H groups in total. The zero-order valence-corrected chi connectivity index (χ0v) is 11.8. The van der Waals surface area contributed by atoms with Crippen LogP contribution in [0.4, 0.5) is 0 Å². The van der Waals surface area contributed by atoms with Crippen molar-refractivity contribution >= 4 is 11.8 Å². The third-order valence-corrected chi connectivity index (χ3v) is 4.25. The van der Waals surface area contributed by atoms with Gasteiger partial charge in [0.1, 0.15) is 5.54 Å². The number of carbonyl (C=O) groups is 2. The second-order valence-electron chi connectivity index (χ2n) is 5.87. The monoisotopic (exact) mass is 276 g/mol. The van der Waals surface area contributed by atoms with Crippen LogP contribution in [0.25, 0.3) is 0 Å². The van der Waals surface area contributed by atoms with Crippen LogP contribution in [0.5, 0.6) is 0 Å². The van der Waals surface area contributed by atoms with E-state index in [1.165, 1.54) is 0 Å². The van der Waals surface area contributed by atoms with E-state index in [1.807, 2.05) is 13.2 Å². The fourth-order valence-corrected chi connectivity index (χ4v) is 3.30. The van der Waals surface area contributed by atoms with E-state index >= 15 is 0 Å². The highest BCUT2D eigenvalue weighted by molar-refractivity contribution is 5.98. The van der Waals surface area contributed by atoms with Gasteiger partial charge in [-0.15, -0.1) is 0 Å². The van der Waals surface area contributed by atoms with E-state index in [9.17, 15) is 9.59 Å². The van der Waals surface area contributed by atoms with Crippen molar-refractivity contribution in [2.45, 2.75) is 44.2 Å². The molecule has 1 spiro atoms. The summed E-state index contributed by atoms with van der Waals surface area (Å²) in [5.41, 5.74) is 0.317. The van der Waals surface area contributed by atoms with Gasteiger partial charge in [-0.1, -0.05) is 19.3 Å². The maximum absolute atomic E-state index is 12.7. The first kappa shape index (κ1) is 13.1. The Morgan fingerprint density at radius 2 is 2.05 bits per heavy atom. The molecule has 1 aliphatic heterocycles. The quantitative estimate of drug-likeness (QED) is 0.859. The molecule has 0 unspecified atom stereocenters. The molecule has 2 heterocycles. The van der Waals surface area contributed by atoms with Crippen LogP contribution < -0.4 is 5.32 Å². The Bertz CT molecular complexity index is 531. The fourth-order valence-electron chi connectivity index (χ4n) is 3.30. The molecule has 0 aromatic carbocycles. The summed E-state index contributed by atoms with van der Waals surface area (Å²) in [7, 11) is 1.84. The van der Waals surface area contributed by atoms with Crippen molar-refractivity contribution in [1.82, 2.24) is 20.0 Å². The molecule has 2 aliphatic rings. The third-order valence-electron chi connectivity index (χ3n) is 4.25. The first-order chi connectivity index (χ1) is 9.59. The minimum atomic E-state index is -0.643. The predicted octanol–water partition coefficient (Wildman–Crippen LogP) is 0.581. The summed E-state index contributed by atoms with van der Waals surface area (Å²) in [6.45, 7) is 0.608. The lowest BCUT2D eigenvalue weighted by Gasteiger charge is -2.44. The molecular formula is C14H20N4O2. The molecule has 1 saturated heterocycles. The van der Waals surface area contributed by atoms with Gasteiger partial charge in [0.15, 0.2) is 0 Å². The van der Waals surface area contributed by atoms with Crippen LogP contribution in [-0.4, -0.2) is 38.6 Å². The average Bonchev–Trinajstić information content (AvgIpc) is 2.82. The topological polar surface area (TPSA) is 67.2 Å². The van der Waals surface area contributed by atoms with Gasteiger partial charge in [0.2, 0.25) is 11.8 Å². The molecule has 0 atom stereocenters. The van der Waals surface area contributed by atoms with Crippen LogP contribution in [-0.2, 0) is 23.2 Å². The molecule has 1 saturated carbocycles. The first-order valence-corrected chi connectivity index (χ1v) is 7.17.